The van der Waals surface area contributed by atoms with Crippen LogP contribution in [0, 0.1) is 6.92 Å². The quantitative estimate of drug-likeness (QED) is 0.683. The summed E-state index contributed by atoms with van der Waals surface area (Å²) in [6.07, 6.45) is 0.764. The second kappa shape index (κ2) is 7.01. The zero-order chi connectivity index (χ0) is 16.1. The molecule has 0 unspecified atom stereocenters. The van der Waals surface area contributed by atoms with Gasteiger partial charge in [-0.25, -0.2) is 0 Å². The molecule has 3 aromatic rings. The van der Waals surface area contributed by atoms with E-state index in [0.717, 1.165) is 23.1 Å². The average molecular weight is 308 g/mol. The fourth-order valence-corrected chi connectivity index (χ4v) is 2.46. The van der Waals surface area contributed by atoms with E-state index < -0.39 is 0 Å². The molecule has 2 N–H and O–H groups in total. The van der Waals surface area contributed by atoms with Crippen molar-refractivity contribution in [3.8, 4) is 5.75 Å². The zero-order valence-electron chi connectivity index (χ0n) is 13.1. The topological polar surface area (TPSA) is 54.1 Å². The molecule has 118 valence electrons. The summed E-state index contributed by atoms with van der Waals surface area (Å²) in [5.74, 6) is 0.781. The fraction of sp³-hybridized carbons (Fsp3) is 0.211. The van der Waals surface area contributed by atoms with E-state index in [1.54, 1.807) is 0 Å². The van der Waals surface area contributed by atoms with Gasteiger partial charge >= 0.3 is 0 Å². The maximum absolute atomic E-state index is 12.1. The predicted molar refractivity (Wildman–Crippen MR) is 91.9 cm³/mol. The van der Waals surface area contributed by atoms with Crippen molar-refractivity contribution < 1.29 is 9.53 Å². The Kier molecular flexibility index (Phi) is 4.62. The molecule has 4 nitrogen and oxygen atoms in total. The molecule has 1 heterocycles. The van der Waals surface area contributed by atoms with Gasteiger partial charge in [-0.05, 0) is 43.2 Å². The Morgan fingerprint density at radius 2 is 2.00 bits per heavy atom. The monoisotopic (exact) mass is 308 g/mol. The lowest BCUT2D eigenvalue weighted by molar-refractivity contribution is 0.0947. The van der Waals surface area contributed by atoms with Gasteiger partial charge in [0, 0.05) is 17.4 Å². The number of nitrogens with one attached hydrogen (secondary N) is 2. The molecule has 2 aromatic carbocycles. The third kappa shape index (κ3) is 3.92. The van der Waals surface area contributed by atoms with Crippen molar-refractivity contribution in [3.63, 3.8) is 0 Å². The summed E-state index contributed by atoms with van der Waals surface area (Å²) < 4.78 is 5.66. The van der Waals surface area contributed by atoms with Gasteiger partial charge in [-0.2, -0.15) is 0 Å². The summed E-state index contributed by atoms with van der Waals surface area (Å²) in [6, 6.07) is 17.7. The SMILES string of the molecule is Cc1cccc(OCCCNC(=O)c2cc3ccccc3[nH]2)c1. The Labute approximate surface area is 135 Å². The number of carbonyl (C=O) groups is 1. The normalized spacial score (nSPS) is 10.7. The molecule has 3 rings (SSSR count). The largest absolute Gasteiger partial charge is 0.494 e. The lowest BCUT2D eigenvalue weighted by atomic mass is 10.2. The fourth-order valence-electron chi connectivity index (χ4n) is 2.46. The first-order chi connectivity index (χ1) is 11.2. The van der Waals surface area contributed by atoms with E-state index in [2.05, 4.69) is 10.3 Å². The summed E-state index contributed by atoms with van der Waals surface area (Å²) in [4.78, 5) is 15.2. The number of amides is 1. The van der Waals surface area contributed by atoms with Crippen LogP contribution in [0.5, 0.6) is 5.75 Å². The number of hydrogen-bond donors (Lipinski definition) is 2. The van der Waals surface area contributed by atoms with Gasteiger partial charge in [0.15, 0.2) is 0 Å². The summed E-state index contributed by atoms with van der Waals surface area (Å²) in [6.45, 7) is 3.20. The minimum Gasteiger partial charge on any atom is -0.494 e. The number of para-hydroxylation sites is 1. The number of H-pyrrole nitrogens is 1. The van der Waals surface area contributed by atoms with Crippen LogP contribution in [0.15, 0.2) is 54.6 Å². The number of aryl methyl sites for hydroxylation is 1. The molecule has 0 aliphatic carbocycles. The first kappa shape index (κ1) is 15.2. The van der Waals surface area contributed by atoms with E-state index in [9.17, 15) is 4.79 Å². The van der Waals surface area contributed by atoms with Crippen LogP contribution in [0.25, 0.3) is 10.9 Å². The smallest absolute Gasteiger partial charge is 0.267 e. The second-order valence-corrected chi connectivity index (χ2v) is 5.54. The number of aromatic nitrogens is 1. The minimum absolute atomic E-state index is 0.0863. The predicted octanol–water partition coefficient (Wildman–Crippen LogP) is 3.68. The van der Waals surface area contributed by atoms with Crippen molar-refractivity contribution >= 4 is 16.8 Å². The molecule has 0 atom stereocenters. The molecular formula is C19H20N2O2. The van der Waals surface area contributed by atoms with E-state index >= 15 is 0 Å². The highest BCUT2D eigenvalue weighted by Crippen LogP contribution is 2.14. The van der Waals surface area contributed by atoms with Crippen LogP contribution in [-0.2, 0) is 0 Å². The number of aromatic amines is 1. The number of rotatable bonds is 6. The molecule has 0 saturated heterocycles. The van der Waals surface area contributed by atoms with Gasteiger partial charge in [0.2, 0.25) is 0 Å². The standard InChI is InChI=1S/C19H20N2O2/c1-14-6-4-8-16(12-14)23-11-5-10-20-19(22)18-13-15-7-2-3-9-17(15)21-18/h2-4,6-9,12-13,21H,5,10-11H2,1H3,(H,20,22). The lowest BCUT2D eigenvalue weighted by Crippen LogP contribution is -2.25. The van der Waals surface area contributed by atoms with Gasteiger partial charge < -0.3 is 15.0 Å². The van der Waals surface area contributed by atoms with Gasteiger partial charge in [-0.1, -0.05) is 30.3 Å². The molecule has 0 spiro atoms. The Balaban J connectivity index is 1.44. The molecule has 0 aliphatic rings. The molecular weight excluding hydrogens is 288 g/mol. The molecule has 4 heteroatoms. The van der Waals surface area contributed by atoms with Gasteiger partial charge in [0.1, 0.15) is 11.4 Å². The van der Waals surface area contributed by atoms with Gasteiger partial charge in [0.05, 0.1) is 6.61 Å². The highest BCUT2D eigenvalue weighted by atomic mass is 16.5. The average Bonchev–Trinajstić information content (AvgIpc) is 2.98. The van der Waals surface area contributed by atoms with Crippen LogP contribution < -0.4 is 10.1 Å². The third-order valence-electron chi connectivity index (χ3n) is 3.64. The lowest BCUT2D eigenvalue weighted by Gasteiger charge is -2.07. The van der Waals surface area contributed by atoms with E-state index in [1.807, 2.05) is 61.5 Å². The number of benzene rings is 2. The maximum Gasteiger partial charge on any atom is 0.267 e. The second-order valence-electron chi connectivity index (χ2n) is 5.54. The number of fused-ring (bicyclic) bond motifs is 1. The Morgan fingerprint density at radius 1 is 1.13 bits per heavy atom. The van der Waals surface area contributed by atoms with Gasteiger partial charge in [-0.15, -0.1) is 0 Å². The highest BCUT2D eigenvalue weighted by Gasteiger charge is 2.08. The van der Waals surface area contributed by atoms with E-state index in [1.165, 1.54) is 5.56 Å². The van der Waals surface area contributed by atoms with Crippen LogP contribution in [0.2, 0.25) is 0 Å². The third-order valence-corrected chi connectivity index (χ3v) is 3.64. The highest BCUT2D eigenvalue weighted by molar-refractivity contribution is 5.97. The van der Waals surface area contributed by atoms with Crippen molar-refractivity contribution in [2.45, 2.75) is 13.3 Å². The van der Waals surface area contributed by atoms with Crippen LogP contribution in [0.3, 0.4) is 0 Å². The van der Waals surface area contributed by atoms with Crippen LogP contribution in [-0.4, -0.2) is 24.0 Å². The summed E-state index contributed by atoms with van der Waals surface area (Å²) in [5.41, 5.74) is 2.74. The van der Waals surface area contributed by atoms with E-state index in [0.29, 0.717) is 18.8 Å². The Morgan fingerprint density at radius 3 is 2.83 bits per heavy atom. The van der Waals surface area contributed by atoms with Crippen molar-refractivity contribution in [2.75, 3.05) is 13.2 Å². The van der Waals surface area contributed by atoms with Crippen LogP contribution >= 0.6 is 0 Å². The number of ether oxygens (including phenoxy) is 1. The molecule has 23 heavy (non-hydrogen) atoms. The summed E-state index contributed by atoms with van der Waals surface area (Å²) in [7, 11) is 0. The first-order valence-corrected chi connectivity index (χ1v) is 7.78. The van der Waals surface area contributed by atoms with Gasteiger partial charge in [0.25, 0.3) is 5.91 Å². The Bertz CT molecular complexity index is 775. The van der Waals surface area contributed by atoms with Crippen molar-refractivity contribution in [2.24, 2.45) is 0 Å². The molecule has 1 amide bonds. The molecule has 1 aromatic heterocycles. The molecule has 0 aliphatic heterocycles. The van der Waals surface area contributed by atoms with E-state index in [-0.39, 0.29) is 5.91 Å². The van der Waals surface area contributed by atoms with E-state index in [4.69, 9.17) is 4.74 Å². The molecule has 0 saturated carbocycles. The summed E-state index contributed by atoms with van der Waals surface area (Å²) >= 11 is 0. The van der Waals surface area contributed by atoms with Crippen molar-refractivity contribution in [3.05, 3.63) is 65.9 Å². The molecule has 0 fully saturated rings. The number of hydrogen-bond acceptors (Lipinski definition) is 2. The minimum atomic E-state index is -0.0863. The van der Waals surface area contributed by atoms with Crippen molar-refractivity contribution in [1.29, 1.82) is 0 Å². The zero-order valence-corrected chi connectivity index (χ0v) is 13.1. The Hall–Kier alpha value is -2.75. The first-order valence-electron chi connectivity index (χ1n) is 7.78. The number of carbonyl (C=O) groups excluding carboxylic acids is 1. The van der Waals surface area contributed by atoms with Crippen molar-refractivity contribution in [1.82, 2.24) is 10.3 Å². The van der Waals surface area contributed by atoms with Crippen LogP contribution in [0.4, 0.5) is 0 Å². The maximum atomic E-state index is 12.1. The molecule has 0 radical (unpaired) electrons. The molecule has 0 bridgehead atoms. The summed E-state index contributed by atoms with van der Waals surface area (Å²) in [5, 5.41) is 3.95. The van der Waals surface area contributed by atoms with Crippen LogP contribution in [0.1, 0.15) is 22.5 Å². The van der Waals surface area contributed by atoms with Gasteiger partial charge in [-0.3, -0.25) is 4.79 Å².